The van der Waals surface area contributed by atoms with Crippen LogP contribution in [0, 0.1) is 5.82 Å². The van der Waals surface area contributed by atoms with Crippen LogP contribution in [0.3, 0.4) is 0 Å². The average molecular weight is 353 g/mol. The maximum absolute atomic E-state index is 13.0. The first kappa shape index (κ1) is 16.6. The highest BCUT2D eigenvalue weighted by molar-refractivity contribution is 5.81. The van der Waals surface area contributed by atoms with Crippen molar-refractivity contribution in [1.29, 1.82) is 0 Å². The summed E-state index contributed by atoms with van der Waals surface area (Å²) in [6.07, 6.45) is 6.19. The van der Waals surface area contributed by atoms with Gasteiger partial charge >= 0.3 is 0 Å². The molecule has 0 radical (unpaired) electrons. The number of nitrogens with one attached hydrogen (secondary N) is 1. The van der Waals surface area contributed by atoms with Gasteiger partial charge in [-0.05, 0) is 49.2 Å². The first-order chi connectivity index (χ1) is 12.7. The molecule has 0 aliphatic heterocycles. The number of amides is 1. The lowest BCUT2D eigenvalue weighted by Gasteiger charge is -2.12. The second-order valence-corrected chi connectivity index (χ2v) is 6.63. The van der Waals surface area contributed by atoms with E-state index in [1.807, 2.05) is 22.8 Å². The molecule has 1 aromatic heterocycles. The number of ether oxygens (including phenoxy) is 1. The Labute approximate surface area is 150 Å². The summed E-state index contributed by atoms with van der Waals surface area (Å²) in [5.74, 6) is 0.885. The molecule has 134 valence electrons. The van der Waals surface area contributed by atoms with Crippen LogP contribution in [-0.4, -0.2) is 21.5 Å². The molecule has 1 amide bonds. The van der Waals surface area contributed by atoms with Crippen molar-refractivity contribution in [3.05, 3.63) is 54.6 Å². The third-order valence-corrected chi connectivity index (χ3v) is 4.68. The predicted octanol–water partition coefficient (Wildman–Crippen LogP) is 4.03. The van der Waals surface area contributed by atoms with Gasteiger partial charge in [-0.1, -0.05) is 12.8 Å². The standard InChI is InChI=1S/C20H20FN3O2/c21-14-5-7-16(8-6-14)26-17-9-10-19-18(11-17)22-13-24(19)12-20(25)23-15-3-1-2-4-15/h5-11,13,15H,1-4,12H2,(H,23,25). The van der Waals surface area contributed by atoms with E-state index in [9.17, 15) is 9.18 Å². The highest BCUT2D eigenvalue weighted by Gasteiger charge is 2.17. The van der Waals surface area contributed by atoms with Crippen molar-refractivity contribution in [2.75, 3.05) is 0 Å². The quantitative estimate of drug-likeness (QED) is 0.753. The van der Waals surface area contributed by atoms with E-state index >= 15 is 0 Å². The molecular weight excluding hydrogens is 333 g/mol. The lowest BCUT2D eigenvalue weighted by molar-refractivity contribution is -0.122. The Hall–Kier alpha value is -2.89. The van der Waals surface area contributed by atoms with Crippen molar-refractivity contribution in [2.24, 2.45) is 0 Å². The number of imidazole rings is 1. The van der Waals surface area contributed by atoms with E-state index in [0.717, 1.165) is 23.9 Å². The van der Waals surface area contributed by atoms with Crippen LogP contribution < -0.4 is 10.1 Å². The molecule has 0 spiro atoms. The maximum Gasteiger partial charge on any atom is 0.240 e. The van der Waals surface area contributed by atoms with Gasteiger partial charge in [0.25, 0.3) is 0 Å². The molecular formula is C20H20FN3O2. The zero-order valence-electron chi connectivity index (χ0n) is 14.3. The van der Waals surface area contributed by atoms with E-state index in [0.29, 0.717) is 17.5 Å². The number of carbonyl (C=O) groups excluding carboxylic acids is 1. The van der Waals surface area contributed by atoms with Crippen LogP contribution in [0.25, 0.3) is 11.0 Å². The van der Waals surface area contributed by atoms with E-state index in [1.165, 1.54) is 25.0 Å². The molecule has 0 unspecified atom stereocenters. The molecule has 1 aliphatic carbocycles. The van der Waals surface area contributed by atoms with Crippen LogP contribution in [0.5, 0.6) is 11.5 Å². The Balaban J connectivity index is 1.46. The number of hydrogen-bond acceptors (Lipinski definition) is 3. The van der Waals surface area contributed by atoms with Crippen molar-refractivity contribution < 1.29 is 13.9 Å². The van der Waals surface area contributed by atoms with Gasteiger partial charge in [-0.25, -0.2) is 9.37 Å². The van der Waals surface area contributed by atoms with Crippen LogP contribution in [0.2, 0.25) is 0 Å². The molecule has 6 heteroatoms. The van der Waals surface area contributed by atoms with Crippen molar-refractivity contribution in [3.8, 4) is 11.5 Å². The number of hydrogen-bond donors (Lipinski definition) is 1. The SMILES string of the molecule is O=C(Cn1cnc2cc(Oc3ccc(F)cc3)ccc21)NC1CCCC1. The summed E-state index contributed by atoms with van der Waals surface area (Å²) in [4.78, 5) is 16.6. The molecule has 0 atom stereocenters. The van der Waals surface area contributed by atoms with Gasteiger partial charge in [0.05, 0.1) is 17.4 Å². The Morgan fingerprint density at radius 2 is 1.88 bits per heavy atom. The number of aromatic nitrogens is 2. The molecule has 5 nitrogen and oxygen atoms in total. The van der Waals surface area contributed by atoms with Gasteiger partial charge in [-0.3, -0.25) is 4.79 Å². The Bertz CT molecular complexity index is 914. The second kappa shape index (κ2) is 7.15. The van der Waals surface area contributed by atoms with Crippen LogP contribution in [0.1, 0.15) is 25.7 Å². The third kappa shape index (κ3) is 3.69. The van der Waals surface area contributed by atoms with Crippen molar-refractivity contribution in [2.45, 2.75) is 38.3 Å². The van der Waals surface area contributed by atoms with E-state index in [2.05, 4.69) is 10.3 Å². The maximum atomic E-state index is 13.0. The van der Waals surface area contributed by atoms with Gasteiger partial charge in [0.15, 0.2) is 0 Å². The van der Waals surface area contributed by atoms with Crippen molar-refractivity contribution in [3.63, 3.8) is 0 Å². The minimum absolute atomic E-state index is 0.0165. The number of halogens is 1. The molecule has 1 heterocycles. The lowest BCUT2D eigenvalue weighted by Crippen LogP contribution is -2.35. The summed E-state index contributed by atoms with van der Waals surface area (Å²) < 4.78 is 20.5. The van der Waals surface area contributed by atoms with Gasteiger partial charge in [0.2, 0.25) is 5.91 Å². The van der Waals surface area contributed by atoms with E-state index in [4.69, 9.17) is 4.74 Å². The fourth-order valence-electron chi connectivity index (χ4n) is 3.37. The number of fused-ring (bicyclic) bond motifs is 1. The summed E-state index contributed by atoms with van der Waals surface area (Å²) in [5, 5.41) is 3.09. The summed E-state index contributed by atoms with van der Waals surface area (Å²) in [5.41, 5.74) is 1.62. The number of benzene rings is 2. The number of carbonyl (C=O) groups is 1. The first-order valence-electron chi connectivity index (χ1n) is 8.85. The average Bonchev–Trinajstić information content (AvgIpc) is 3.27. The van der Waals surface area contributed by atoms with E-state index in [-0.39, 0.29) is 18.3 Å². The zero-order valence-corrected chi connectivity index (χ0v) is 14.3. The highest BCUT2D eigenvalue weighted by atomic mass is 19.1. The van der Waals surface area contributed by atoms with Gasteiger partial charge in [-0.2, -0.15) is 0 Å². The lowest BCUT2D eigenvalue weighted by atomic mass is 10.2. The van der Waals surface area contributed by atoms with E-state index < -0.39 is 0 Å². The summed E-state index contributed by atoms with van der Waals surface area (Å²) in [7, 11) is 0. The molecule has 1 N–H and O–H groups in total. The largest absolute Gasteiger partial charge is 0.457 e. The fraction of sp³-hybridized carbons (Fsp3) is 0.300. The second-order valence-electron chi connectivity index (χ2n) is 6.63. The van der Waals surface area contributed by atoms with Gasteiger partial charge < -0.3 is 14.6 Å². The number of rotatable bonds is 5. The minimum atomic E-state index is -0.303. The molecule has 3 aromatic rings. The topological polar surface area (TPSA) is 56.2 Å². The molecule has 26 heavy (non-hydrogen) atoms. The summed E-state index contributed by atoms with van der Waals surface area (Å²) in [6, 6.07) is 11.7. The minimum Gasteiger partial charge on any atom is -0.457 e. The summed E-state index contributed by atoms with van der Waals surface area (Å²) in [6.45, 7) is 0.255. The Kier molecular flexibility index (Phi) is 4.56. The number of nitrogens with zero attached hydrogens (tertiary/aromatic N) is 2. The van der Waals surface area contributed by atoms with Crippen molar-refractivity contribution >= 4 is 16.9 Å². The molecule has 2 aromatic carbocycles. The molecule has 1 fully saturated rings. The normalized spacial score (nSPS) is 14.7. The van der Waals surface area contributed by atoms with E-state index in [1.54, 1.807) is 18.5 Å². The first-order valence-corrected chi connectivity index (χ1v) is 8.85. The van der Waals surface area contributed by atoms with Gasteiger partial charge in [0.1, 0.15) is 23.9 Å². The van der Waals surface area contributed by atoms with Gasteiger partial charge in [0, 0.05) is 12.1 Å². The van der Waals surface area contributed by atoms with Crippen LogP contribution >= 0.6 is 0 Å². The molecule has 0 saturated heterocycles. The fourth-order valence-corrected chi connectivity index (χ4v) is 3.37. The van der Waals surface area contributed by atoms with Crippen molar-refractivity contribution in [1.82, 2.24) is 14.9 Å². The smallest absolute Gasteiger partial charge is 0.240 e. The predicted molar refractivity (Wildman–Crippen MR) is 96.6 cm³/mol. The highest BCUT2D eigenvalue weighted by Crippen LogP contribution is 2.25. The van der Waals surface area contributed by atoms with Crippen LogP contribution in [-0.2, 0) is 11.3 Å². The third-order valence-electron chi connectivity index (χ3n) is 4.68. The van der Waals surface area contributed by atoms with Crippen LogP contribution in [0.15, 0.2) is 48.8 Å². The van der Waals surface area contributed by atoms with Crippen LogP contribution in [0.4, 0.5) is 4.39 Å². The molecule has 1 saturated carbocycles. The summed E-state index contributed by atoms with van der Waals surface area (Å²) >= 11 is 0. The van der Waals surface area contributed by atoms with Gasteiger partial charge in [-0.15, -0.1) is 0 Å². The molecule has 4 rings (SSSR count). The molecule has 1 aliphatic rings. The Morgan fingerprint density at radius 1 is 1.15 bits per heavy atom. The molecule has 0 bridgehead atoms. The monoisotopic (exact) mass is 353 g/mol. The Morgan fingerprint density at radius 3 is 2.65 bits per heavy atom. The zero-order chi connectivity index (χ0) is 17.9.